The van der Waals surface area contributed by atoms with Crippen LogP contribution in [0.1, 0.15) is 34.5 Å². The molecule has 1 amide bonds. The van der Waals surface area contributed by atoms with Gasteiger partial charge in [0.25, 0.3) is 5.91 Å². The Bertz CT molecular complexity index is 683. The third-order valence-corrected chi connectivity index (χ3v) is 3.11. The van der Waals surface area contributed by atoms with Crippen molar-refractivity contribution in [3.63, 3.8) is 0 Å². The summed E-state index contributed by atoms with van der Waals surface area (Å²) in [7, 11) is 0. The predicted octanol–water partition coefficient (Wildman–Crippen LogP) is 3.08. The molecule has 0 saturated heterocycles. The van der Waals surface area contributed by atoms with Crippen LogP contribution in [0.25, 0.3) is 0 Å². The Balaban J connectivity index is 2.49. The van der Waals surface area contributed by atoms with Crippen LogP contribution < -0.4 is 10.5 Å². The molecule has 0 saturated carbocycles. The summed E-state index contributed by atoms with van der Waals surface area (Å²) in [4.78, 5) is 11.4. The molecule has 0 bridgehead atoms. The standard InChI is InChI=1S/C16H16FNO3/c1-9-7-15(12(10(2)19)8-13(9)17)21-14-6-4-3-5-11(14)16(18)20/h3-8,10,19H,1-2H3,(H2,18,20). The minimum absolute atomic E-state index is 0.219. The van der Waals surface area contributed by atoms with Crippen molar-refractivity contribution in [1.29, 1.82) is 0 Å². The normalized spacial score (nSPS) is 12.0. The third-order valence-electron chi connectivity index (χ3n) is 3.11. The summed E-state index contributed by atoms with van der Waals surface area (Å²) in [5.41, 5.74) is 6.19. The van der Waals surface area contributed by atoms with Crippen LogP contribution in [0.2, 0.25) is 0 Å². The molecule has 2 rings (SSSR count). The van der Waals surface area contributed by atoms with Crippen LogP contribution in [-0.4, -0.2) is 11.0 Å². The number of amides is 1. The number of aliphatic hydroxyl groups is 1. The maximum atomic E-state index is 13.6. The quantitative estimate of drug-likeness (QED) is 0.908. The first kappa shape index (κ1) is 15.0. The monoisotopic (exact) mass is 289 g/mol. The summed E-state index contributed by atoms with van der Waals surface area (Å²) in [6.45, 7) is 3.10. The van der Waals surface area contributed by atoms with Gasteiger partial charge in [-0.05, 0) is 43.7 Å². The SMILES string of the molecule is Cc1cc(Oc2ccccc2C(N)=O)c(C(C)O)cc1F. The van der Waals surface area contributed by atoms with Gasteiger partial charge in [0.1, 0.15) is 17.3 Å². The number of primary amides is 1. The molecular formula is C16H16FNO3. The van der Waals surface area contributed by atoms with E-state index in [1.807, 2.05) is 0 Å². The summed E-state index contributed by atoms with van der Waals surface area (Å²) in [6, 6.07) is 9.19. The van der Waals surface area contributed by atoms with Crippen LogP contribution in [-0.2, 0) is 0 Å². The maximum Gasteiger partial charge on any atom is 0.252 e. The Hall–Kier alpha value is -2.40. The molecule has 110 valence electrons. The van der Waals surface area contributed by atoms with E-state index in [4.69, 9.17) is 10.5 Å². The molecule has 1 unspecified atom stereocenters. The lowest BCUT2D eigenvalue weighted by Gasteiger charge is -2.16. The van der Waals surface area contributed by atoms with E-state index >= 15 is 0 Å². The van der Waals surface area contributed by atoms with E-state index in [0.717, 1.165) is 0 Å². The minimum atomic E-state index is -0.907. The van der Waals surface area contributed by atoms with E-state index in [-0.39, 0.29) is 17.1 Å². The third kappa shape index (κ3) is 3.20. The van der Waals surface area contributed by atoms with E-state index in [9.17, 15) is 14.3 Å². The smallest absolute Gasteiger partial charge is 0.252 e. The van der Waals surface area contributed by atoms with Crippen LogP contribution in [0, 0.1) is 12.7 Å². The van der Waals surface area contributed by atoms with Gasteiger partial charge in [-0.3, -0.25) is 4.79 Å². The maximum absolute atomic E-state index is 13.6. The fraction of sp³-hybridized carbons (Fsp3) is 0.188. The van der Waals surface area contributed by atoms with Crippen molar-refractivity contribution in [3.8, 4) is 11.5 Å². The van der Waals surface area contributed by atoms with Gasteiger partial charge in [-0.2, -0.15) is 0 Å². The fourth-order valence-corrected chi connectivity index (χ4v) is 1.96. The molecule has 2 aromatic rings. The second-order valence-electron chi connectivity index (χ2n) is 4.78. The molecule has 21 heavy (non-hydrogen) atoms. The lowest BCUT2D eigenvalue weighted by molar-refractivity contribution is 0.0998. The molecule has 1 atom stereocenters. The molecule has 0 heterocycles. The van der Waals surface area contributed by atoms with Crippen molar-refractivity contribution in [2.24, 2.45) is 5.73 Å². The Morgan fingerprint density at radius 2 is 1.95 bits per heavy atom. The first-order chi connectivity index (χ1) is 9.90. The number of carbonyl (C=O) groups is 1. The Morgan fingerprint density at radius 3 is 2.57 bits per heavy atom. The summed E-state index contributed by atoms with van der Waals surface area (Å²) >= 11 is 0. The molecule has 0 fully saturated rings. The molecule has 4 nitrogen and oxygen atoms in total. The second-order valence-corrected chi connectivity index (χ2v) is 4.78. The van der Waals surface area contributed by atoms with Crippen LogP contribution in [0.4, 0.5) is 4.39 Å². The van der Waals surface area contributed by atoms with Crippen molar-refractivity contribution < 1.29 is 19.0 Å². The molecule has 3 N–H and O–H groups in total. The van der Waals surface area contributed by atoms with E-state index in [1.165, 1.54) is 25.1 Å². The highest BCUT2D eigenvalue weighted by atomic mass is 19.1. The van der Waals surface area contributed by atoms with Crippen LogP contribution >= 0.6 is 0 Å². The van der Waals surface area contributed by atoms with Gasteiger partial charge in [0.2, 0.25) is 0 Å². The summed E-state index contributed by atoms with van der Waals surface area (Å²) in [5.74, 6) is -0.500. The number of para-hydroxylation sites is 1. The number of benzene rings is 2. The zero-order valence-corrected chi connectivity index (χ0v) is 11.8. The second kappa shape index (κ2) is 5.93. The van der Waals surface area contributed by atoms with Crippen LogP contribution in [0.3, 0.4) is 0 Å². The van der Waals surface area contributed by atoms with Crippen LogP contribution in [0.15, 0.2) is 36.4 Å². The van der Waals surface area contributed by atoms with Gasteiger partial charge >= 0.3 is 0 Å². The molecule has 0 aliphatic heterocycles. The summed E-state index contributed by atoms with van der Waals surface area (Å²) in [6.07, 6.45) is -0.907. The zero-order valence-electron chi connectivity index (χ0n) is 11.8. The molecule has 0 spiro atoms. The lowest BCUT2D eigenvalue weighted by atomic mass is 10.1. The summed E-state index contributed by atoms with van der Waals surface area (Å²) in [5, 5.41) is 9.74. The average molecular weight is 289 g/mol. The van der Waals surface area contributed by atoms with Gasteiger partial charge in [0, 0.05) is 5.56 Å². The first-order valence-corrected chi connectivity index (χ1v) is 6.45. The van der Waals surface area contributed by atoms with Crippen molar-refractivity contribution >= 4 is 5.91 Å². The first-order valence-electron chi connectivity index (χ1n) is 6.45. The molecule has 2 aromatic carbocycles. The largest absolute Gasteiger partial charge is 0.456 e. The van der Waals surface area contributed by atoms with Gasteiger partial charge in [-0.1, -0.05) is 12.1 Å². The number of hydrogen-bond acceptors (Lipinski definition) is 3. The van der Waals surface area contributed by atoms with Gasteiger partial charge in [0.05, 0.1) is 11.7 Å². The average Bonchev–Trinajstić information content (AvgIpc) is 2.42. The molecule has 0 aliphatic rings. The van der Waals surface area contributed by atoms with E-state index in [2.05, 4.69) is 0 Å². The topological polar surface area (TPSA) is 72.5 Å². The zero-order chi connectivity index (χ0) is 15.6. The van der Waals surface area contributed by atoms with E-state index in [0.29, 0.717) is 11.1 Å². The van der Waals surface area contributed by atoms with Gasteiger partial charge < -0.3 is 15.6 Å². The molecule has 0 aliphatic carbocycles. The highest BCUT2D eigenvalue weighted by molar-refractivity contribution is 5.95. The number of ether oxygens (including phenoxy) is 1. The Kier molecular flexibility index (Phi) is 4.23. The highest BCUT2D eigenvalue weighted by Crippen LogP contribution is 2.33. The molecular weight excluding hydrogens is 273 g/mol. The lowest BCUT2D eigenvalue weighted by Crippen LogP contribution is -2.12. The number of hydrogen-bond donors (Lipinski definition) is 2. The number of aryl methyl sites for hydroxylation is 1. The Labute approximate surface area is 122 Å². The minimum Gasteiger partial charge on any atom is -0.456 e. The van der Waals surface area contributed by atoms with Crippen molar-refractivity contribution in [3.05, 3.63) is 58.9 Å². The van der Waals surface area contributed by atoms with Crippen molar-refractivity contribution in [1.82, 2.24) is 0 Å². The number of halogens is 1. The predicted molar refractivity (Wildman–Crippen MR) is 76.8 cm³/mol. The molecule has 0 aromatic heterocycles. The fourth-order valence-electron chi connectivity index (χ4n) is 1.96. The van der Waals surface area contributed by atoms with E-state index in [1.54, 1.807) is 25.1 Å². The molecule has 5 heteroatoms. The molecule has 0 radical (unpaired) electrons. The number of aliphatic hydroxyl groups excluding tert-OH is 1. The van der Waals surface area contributed by atoms with Gasteiger partial charge in [-0.25, -0.2) is 4.39 Å². The van der Waals surface area contributed by atoms with E-state index < -0.39 is 17.8 Å². The summed E-state index contributed by atoms with van der Waals surface area (Å²) < 4.78 is 19.3. The van der Waals surface area contributed by atoms with Crippen molar-refractivity contribution in [2.75, 3.05) is 0 Å². The Morgan fingerprint density at radius 1 is 1.29 bits per heavy atom. The van der Waals surface area contributed by atoms with Crippen molar-refractivity contribution in [2.45, 2.75) is 20.0 Å². The number of rotatable bonds is 4. The number of carbonyl (C=O) groups excluding carboxylic acids is 1. The number of nitrogens with two attached hydrogens (primary N) is 1. The van der Waals surface area contributed by atoms with Gasteiger partial charge in [-0.15, -0.1) is 0 Å². The van der Waals surface area contributed by atoms with Crippen LogP contribution in [0.5, 0.6) is 11.5 Å². The van der Waals surface area contributed by atoms with Gasteiger partial charge in [0.15, 0.2) is 0 Å². The highest BCUT2D eigenvalue weighted by Gasteiger charge is 2.16.